The Morgan fingerprint density at radius 2 is 2.19 bits per heavy atom. The van der Waals surface area contributed by atoms with E-state index in [1.807, 2.05) is 37.2 Å². The van der Waals surface area contributed by atoms with E-state index in [4.69, 9.17) is 5.73 Å². The summed E-state index contributed by atoms with van der Waals surface area (Å²) in [5.41, 5.74) is 8.34. The van der Waals surface area contributed by atoms with Gasteiger partial charge in [0.05, 0.1) is 5.97 Å². The summed E-state index contributed by atoms with van der Waals surface area (Å²) < 4.78 is 0. The van der Waals surface area contributed by atoms with E-state index >= 15 is 0 Å². The fourth-order valence-corrected chi connectivity index (χ4v) is 1.32. The van der Waals surface area contributed by atoms with Crippen LogP contribution in [0.4, 0.5) is 11.4 Å². The van der Waals surface area contributed by atoms with Gasteiger partial charge in [0, 0.05) is 38.6 Å². The summed E-state index contributed by atoms with van der Waals surface area (Å²) in [7, 11) is 3.87. The van der Waals surface area contributed by atoms with Crippen LogP contribution < -0.4 is 21.1 Å². The van der Waals surface area contributed by atoms with Crippen LogP contribution in [0.1, 0.15) is 5.56 Å². The monoisotopic (exact) mass is 222 g/mol. The molecular weight excluding hydrogens is 206 g/mol. The summed E-state index contributed by atoms with van der Waals surface area (Å²) in [5.74, 6) is -1.12. The molecule has 0 amide bonds. The minimum atomic E-state index is -1.12. The van der Waals surface area contributed by atoms with Crippen LogP contribution in [0.25, 0.3) is 0 Å². The zero-order valence-corrected chi connectivity index (χ0v) is 9.49. The summed E-state index contributed by atoms with van der Waals surface area (Å²) in [5, 5.41) is 13.0. The maximum Gasteiger partial charge on any atom is 0.0552 e. The first-order valence-electron chi connectivity index (χ1n) is 4.97. The van der Waals surface area contributed by atoms with E-state index in [-0.39, 0.29) is 6.54 Å². The minimum absolute atomic E-state index is 0.175. The van der Waals surface area contributed by atoms with Crippen LogP contribution in [0.3, 0.4) is 0 Å². The Hall–Kier alpha value is -1.75. The zero-order valence-electron chi connectivity index (χ0n) is 9.49. The molecule has 0 saturated heterocycles. The molecule has 0 aliphatic rings. The van der Waals surface area contributed by atoms with E-state index in [2.05, 4.69) is 5.32 Å². The summed E-state index contributed by atoms with van der Waals surface area (Å²) in [6.07, 6.45) is 0. The number of hydrogen-bond acceptors (Lipinski definition) is 5. The molecule has 1 aromatic rings. The molecule has 88 valence electrons. The number of anilines is 2. The first-order chi connectivity index (χ1) is 7.50. The van der Waals surface area contributed by atoms with E-state index in [0.29, 0.717) is 12.2 Å². The molecule has 0 heterocycles. The van der Waals surface area contributed by atoms with E-state index < -0.39 is 5.97 Å². The van der Waals surface area contributed by atoms with Gasteiger partial charge in [0.25, 0.3) is 0 Å². The third-order valence-electron chi connectivity index (χ3n) is 2.23. The van der Waals surface area contributed by atoms with E-state index in [0.717, 1.165) is 11.3 Å². The lowest BCUT2D eigenvalue weighted by Gasteiger charge is -2.15. The second kappa shape index (κ2) is 5.37. The van der Waals surface area contributed by atoms with Crippen LogP contribution in [0.5, 0.6) is 0 Å². The number of carboxylic acid groups (broad SMARTS) is 1. The largest absolute Gasteiger partial charge is 0.549 e. The van der Waals surface area contributed by atoms with Crippen molar-refractivity contribution in [1.82, 2.24) is 5.32 Å². The van der Waals surface area contributed by atoms with Gasteiger partial charge in [-0.15, -0.1) is 0 Å². The Balaban J connectivity index is 2.70. The second-order valence-corrected chi connectivity index (χ2v) is 3.75. The van der Waals surface area contributed by atoms with Gasteiger partial charge in [-0.05, 0) is 23.8 Å². The highest BCUT2D eigenvalue weighted by atomic mass is 16.4. The number of aliphatic carboxylic acids is 1. The van der Waals surface area contributed by atoms with Gasteiger partial charge in [0.1, 0.15) is 0 Å². The smallest absolute Gasteiger partial charge is 0.0552 e. The average Bonchev–Trinajstić information content (AvgIpc) is 2.20. The number of hydrogen-bond donors (Lipinski definition) is 2. The first-order valence-corrected chi connectivity index (χ1v) is 4.97. The third kappa shape index (κ3) is 3.43. The molecule has 0 radical (unpaired) electrons. The number of rotatable bonds is 5. The highest BCUT2D eigenvalue weighted by Crippen LogP contribution is 2.19. The van der Waals surface area contributed by atoms with Crippen LogP contribution in [-0.2, 0) is 11.3 Å². The molecule has 1 rings (SSSR count). The van der Waals surface area contributed by atoms with Crippen molar-refractivity contribution in [2.45, 2.75) is 6.54 Å². The Kier molecular flexibility index (Phi) is 4.13. The van der Waals surface area contributed by atoms with Crippen molar-refractivity contribution in [1.29, 1.82) is 0 Å². The van der Waals surface area contributed by atoms with Gasteiger partial charge in [-0.3, -0.25) is 0 Å². The Morgan fingerprint density at radius 3 is 2.75 bits per heavy atom. The summed E-state index contributed by atoms with van der Waals surface area (Å²) in [4.78, 5) is 12.2. The molecule has 0 aliphatic heterocycles. The average molecular weight is 222 g/mol. The fourth-order valence-electron chi connectivity index (χ4n) is 1.32. The molecular formula is C11H16N3O2-. The maximum atomic E-state index is 10.2. The molecule has 5 heteroatoms. The predicted molar refractivity (Wildman–Crippen MR) is 61.9 cm³/mol. The topological polar surface area (TPSA) is 81.4 Å². The summed E-state index contributed by atoms with van der Waals surface area (Å²) in [6.45, 7) is 0.243. The van der Waals surface area contributed by atoms with Gasteiger partial charge in [0.2, 0.25) is 0 Å². The SMILES string of the molecule is CN(C)c1ccc(N)c(CNCC(=O)[O-])c1. The third-order valence-corrected chi connectivity index (χ3v) is 2.23. The molecule has 0 aromatic heterocycles. The number of nitrogens with zero attached hydrogens (tertiary/aromatic N) is 1. The van der Waals surface area contributed by atoms with Gasteiger partial charge in [-0.25, -0.2) is 0 Å². The van der Waals surface area contributed by atoms with Gasteiger partial charge in [-0.1, -0.05) is 0 Å². The lowest BCUT2D eigenvalue weighted by atomic mass is 10.1. The number of carbonyl (C=O) groups is 1. The molecule has 1 aromatic carbocycles. The molecule has 0 fully saturated rings. The normalized spacial score (nSPS) is 10.1. The van der Waals surface area contributed by atoms with Gasteiger partial charge >= 0.3 is 0 Å². The van der Waals surface area contributed by atoms with Crippen LogP contribution >= 0.6 is 0 Å². The van der Waals surface area contributed by atoms with Gasteiger partial charge in [-0.2, -0.15) is 0 Å². The minimum Gasteiger partial charge on any atom is -0.549 e. The molecule has 5 nitrogen and oxygen atoms in total. The van der Waals surface area contributed by atoms with E-state index in [9.17, 15) is 9.90 Å². The first kappa shape index (κ1) is 12.3. The summed E-state index contributed by atoms with van der Waals surface area (Å²) >= 11 is 0. The number of carboxylic acids is 1. The van der Waals surface area contributed by atoms with Crippen molar-refractivity contribution < 1.29 is 9.90 Å². The number of carbonyl (C=O) groups excluding carboxylic acids is 1. The number of benzene rings is 1. The molecule has 0 unspecified atom stereocenters. The van der Waals surface area contributed by atoms with Crippen LogP contribution in [-0.4, -0.2) is 26.6 Å². The molecule has 0 spiro atoms. The Bertz CT molecular complexity index is 377. The van der Waals surface area contributed by atoms with Gasteiger partial charge < -0.3 is 25.9 Å². The van der Waals surface area contributed by atoms with Crippen molar-refractivity contribution in [3.63, 3.8) is 0 Å². The van der Waals surface area contributed by atoms with Crippen LogP contribution in [0, 0.1) is 0 Å². The lowest BCUT2D eigenvalue weighted by molar-refractivity contribution is -0.304. The Labute approximate surface area is 94.9 Å². The zero-order chi connectivity index (χ0) is 12.1. The highest BCUT2D eigenvalue weighted by molar-refractivity contribution is 5.66. The van der Waals surface area contributed by atoms with Crippen molar-refractivity contribution in [2.24, 2.45) is 0 Å². The summed E-state index contributed by atoms with van der Waals surface area (Å²) in [6, 6.07) is 5.65. The van der Waals surface area contributed by atoms with Crippen molar-refractivity contribution in [3.05, 3.63) is 23.8 Å². The van der Waals surface area contributed by atoms with Crippen molar-refractivity contribution in [3.8, 4) is 0 Å². The fraction of sp³-hybridized carbons (Fsp3) is 0.364. The molecule has 0 aliphatic carbocycles. The molecule has 3 N–H and O–H groups in total. The standard InChI is InChI=1S/C11H17N3O2/c1-14(2)9-3-4-10(12)8(5-9)6-13-7-11(15)16/h3-5,13H,6-7,12H2,1-2H3,(H,15,16)/p-1. The quantitative estimate of drug-likeness (QED) is 0.636. The number of nitrogens with one attached hydrogen (secondary N) is 1. The van der Waals surface area contributed by atoms with Crippen molar-refractivity contribution in [2.75, 3.05) is 31.3 Å². The number of nitrogen functional groups attached to an aromatic ring is 1. The lowest BCUT2D eigenvalue weighted by Crippen LogP contribution is -2.34. The molecule has 16 heavy (non-hydrogen) atoms. The Morgan fingerprint density at radius 1 is 1.50 bits per heavy atom. The van der Waals surface area contributed by atoms with E-state index in [1.165, 1.54) is 0 Å². The maximum absolute atomic E-state index is 10.2. The highest BCUT2D eigenvalue weighted by Gasteiger charge is 2.02. The second-order valence-electron chi connectivity index (χ2n) is 3.75. The van der Waals surface area contributed by atoms with E-state index in [1.54, 1.807) is 0 Å². The molecule has 0 bridgehead atoms. The van der Waals surface area contributed by atoms with Crippen LogP contribution in [0.15, 0.2) is 18.2 Å². The van der Waals surface area contributed by atoms with Crippen molar-refractivity contribution >= 4 is 17.3 Å². The van der Waals surface area contributed by atoms with Gasteiger partial charge in [0.15, 0.2) is 0 Å². The predicted octanol–water partition coefficient (Wildman–Crippen LogP) is -0.826. The molecule has 0 saturated carbocycles. The van der Waals surface area contributed by atoms with Crippen LogP contribution in [0.2, 0.25) is 0 Å². The molecule has 0 atom stereocenters. The number of nitrogens with two attached hydrogens (primary N) is 1.